The molecule has 0 saturated carbocycles. The lowest BCUT2D eigenvalue weighted by Gasteiger charge is -2.35. The molecular weight excluding hydrogens is 466 g/mol. The van der Waals surface area contributed by atoms with Gasteiger partial charge in [0.05, 0.1) is 30.3 Å². The number of benzene rings is 2. The smallest absolute Gasteiger partial charge is 0.304 e. The number of piperidine rings is 1. The molecule has 1 aliphatic rings. The van der Waals surface area contributed by atoms with Gasteiger partial charge in [-0.15, -0.1) is 0 Å². The van der Waals surface area contributed by atoms with Gasteiger partial charge in [-0.3, -0.25) is 9.10 Å². The molecule has 10 heteroatoms. The molecule has 180 valence electrons. The van der Waals surface area contributed by atoms with E-state index in [9.17, 15) is 13.2 Å². The molecule has 2 aromatic carbocycles. The van der Waals surface area contributed by atoms with Crippen molar-refractivity contribution < 1.29 is 22.7 Å². The van der Waals surface area contributed by atoms with Crippen LogP contribution in [0.3, 0.4) is 0 Å². The van der Waals surface area contributed by atoms with Crippen LogP contribution in [0.5, 0.6) is 11.5 Å². The van der Waals surface area contributed by atoms with Crippen LogP contribution in [0.4, 0.5) is 11.4 Å². The maximum absolute atomic E-state index is 13.4. The highest BCUT2D eigenvalue weighted by Crippen LogP contribution is 2.29. The van der Waals surface area contributed by atoms with E-state index in [2.05, 4.69) is 5.32 Å². The molecule has 0 radical (unpaired) electrons. The van der Waals surface area contributed by atoms with Crippen molar-refractivity contribution in [3.05, 3.63) is 47.5 Å². The van der Waals surface area contributed by atoms with Gasteiger partial charge in [-0.1, -0.05) is 11.6 Å². The summed E-state index contributed by atoms with van der Waals surface area (Å²) in [5.41, 5.74) is 1.09. The zero-order valence-corrected chi connectivity index (χ0v) is 20.7. The summed E-state index contributed by atoms with van der Waals surface area (Å²) in [6.07, 6.45) is 1.21. The van der Waals surface area contributed by atoms with Crippen LogP contribution >= 0.6 is 11.6 Å². The number of anilines is 2. The molecule has 3 rings (SSSR count). The van der Waals surface area contributed by atoms with Crippen LogP contribution in [-0.2, 0) is 15.0 Å². The molecular formula is C23H30ClN3O5S. The Hall–Kier alpha value is -2.49. The van der Waals surface area contributed by atoms with Crippen LogP contribution in [0.2, 0.25) is 5.02 Å². The van der Waals surface area contributed by atoms with Crippen molar-refractivity contribution in [2.75, 3.05) is 43.0 Å². The number of ether oxygens (including phenoxy) is 2. The maximum atomic E-state index is 13.4. The van der Waals surface area contributed by atoms with Gasteiger partial charge in [0.25, 0.3) is 0 Å². The van der Waals surface area contributed by atoms with Crippen molar-refractivity contribution >= 4 is 39.1 Å². The number of nitrogens with one attached hydrogen (secondary N) is 1. The molecule has 0 unspecified atom stereocenters. The fraction of sp³-hybridized carbons (Fsp3) is 0.435. The van der Waals surface area contributed by atoms with Crippen LogP contribution in [0, 0.1) is 5.92 Å². The summed E-state index contributed by atoms with van der Waals surface area (Å²) in [7, 11) is -2.28. The van der Waals surface area contributed by atoms with Crippen molar-refractivity contribution in [1.29, 1.82) is 0 Å². The molecule has 1 heterocycles. The van der Waals surface area contributed by atoms with Crippen molar-refractivity contribution in [2.24, 2.45) is 5.92 Å². The number of nitrogens with zero attached hydrogens (tertiary/aromatic N) is 2. The number of carbonyl (C=O) groups excluding carboxylic acids is 1. The number of methoxy groups -OCH3 is 1. The van der Waals surface area contributed by atoms with Crippen LogP contribution in [0.1, 0.15) is 26.7 Å². The second-order valence-corrected chi connectivity index (χ2v) is 9.90. The van der Waals surface area contributed by atoms with Gasteiger partial charge in [0.15, 0.2) is 0 Å². The molecule has 2 aromatic rings. The van der Waals surface area contributed by atoms with E-state index in [4.69, 9.17) is 21.1 Å². The highest BCUT2D eigenvalue weighted by Gasteiger charge is 2.35. The first kappa shape index (κ1) is 25.1. The topological polar surface area (TPSA) is 88.2 Å². The summed E-state index contributed by atoms with van der Waals surface area (Å²) in [5.74, 6) is 0.496. The van der Waals surface area contributed by atoms with E-state index in [1.165, 1.54) is 15.7 Å². The third-order valence-corrected chi connectivity index (χ3v) is 7.81. The predicted octanol–water partition coefficient (Wildman–Crippen LogP) is 4.17. The quantitative estimate of drug-likeness (QED) is 0.564. The van der Waals surface area contributed by atoms with Crippen molar-refractivity contribution in [2.45, 2.75) is 26.7 Å². The minimum Gasteiger partial charge on any atom is -0.495 e. The fourth-order valence-corrected chi connectivity index (χ4v) is 5.83. The molecule has 33 heavy (non-hydrogen) atoms. The highest BCUT2D eigenvalue weighted by atomic mass is 35.5. The van der Waals surface area contributed by atoms with Crippen LogP contribution < -0.4 is 19.1 Å². The van der Waals surface area contributed by atoms with Gasteiger partial charge >= 0.3 is 10.2 Å². The van der Waals surface area contributed by atoms with E-state index in [-0.39, 0.29) is 19.0 Å². The molecule has 0 aromatic heterocycles. The number of hydrogen-bond donors (Lipinski definition) is 1. The Morgan fingerprint density at radius 2 is 1.94 bits per heavy atom. The normalized spacial score (nSPS) is 16.8. The largest absolute Gasteiger partial charge is 0.495 e. The SMILES string of the molecule is CCOc1ccc(N(CC)S(=O)(=O)N2CCC[C@@H](C(=O)Nc3ccc(OC)c(Cl)c3)C2)cc1. The average Bonchev–Trinajstić information content (AvgIpc) is 2.81. The van der Waals surface area contributed by atoms with Crippen molar-refractivity contribution in [3.63, 3.8) is 0 Å². The fourth-order valence-electron chi connectivity index (χ4n) is 3.85. The van der Waals surface area contributed by atoms with Crippen LogP contribution in [0.25, 0.3) is 0 Å². The van der Waals surface area contributed by atoms with E-state index in [1.54, 1.807) is 49.4 Å². The lowest BCUT2D eigenvalue weighted by Crippen LogP contribution is -2.50. The summed E-state index contributed by atoms with van der Waals surface area (Å²) >= 11 is 6.14. The molecule has 0 spiro atoms. The Morgan fingerprint density at radius 3 is 2.55 bits per heavy atom. The first-order valence-electron chi connectivity index (χ1n) is 10.9. The predicted molar refractivity (Wildman–Crippen MR) is 130 cm³/mol. The minimum absolute atomic E-state index is 0.117. The molecule has 1 N–H and O–H groups in total. The first-order valence-corrected chi connectivity index (χ1v) is 12.7. The Balaban J connectivity index is 1.72. The van der Waals surface area contributed by atoms with E-state index in [1.807, 2.05) is 6.92 Å². The average molecular weight is 496 g/mol. The Kier molecular flexibility index (Phi) is 8.45. The lowest BCUT2D eigenvalue weighted by atomic mass is 9.99. The molecule has 0 aliphatic carbocycles. The van der Waals surface area contributed by atoms with Gasteiger partial charge in [-0.05, 0) is 69.2 Å². The van der Waals surface area contributed by atoms with E-state index in [0.717, 1.165) is 0 Å². The summed E-state index contributed by atoms with van der Waals surface area (Å²) in [5, 5.41) is 3.23. The minimum atomic E-state index is -3.80. The third-order valence-electron chi connectivity index (χ3n) is 5.50. The highest BCUT2D eigenvalue weighted by molar-refractivity contribution is 7.90. The van der Waals surface area contributed by atoms with Crippen LogP contribution in [-0.4, -0.2) is 52.0 Å². The van der Waals surface area contributed by atoms with Gasteiger partial charge in [0.2, 0.25) is 5.91 Å². The van der Waals surface area contributed by atoms with Crippen molar-refractivity contribution in [3.8, 4) is 11.5 Å². The molecule has 1 saturated heterocycles. The van der Waals surface area contributed by atoms with E-state index < -0.39 is 16.1 Å². The molecule has 8 nitrogen and oxygen atoms in total. The molecule has 0 bridgehead atoms. The lowest BCUT2D eigenvalue weighted by molar-refractivity contribution is -0.120. The molecule has 1 fully saturated rings. The van der Waals surface area contributed by atoms with Gasteiger partial charge < -0.3 is 14.8 Å². The van der Waals surface area contributed by atoms with Gasteiger partial charge in [-0.2, -0.15) is 12.7 Å². The van der Waals surface area contributed by atoms with E-state index in [0.29, 0.717) is 53.9 Å². The second-order valence-electron chi connectivity index (χ2n) is 7.64. The summed E-state index contributed by atoms with van der Waals surface area (Å²) < 4.78 is 40.2. The number of rotatable bonds is 9. The number of carbonyl (C=O) groups is 1. The van der Waals surface area contributed by atoms with Crippen molar-refractivity contribution in [1.82, 2.24) is 4.31 Å². The number of amides is 1. The van der Waals surface area contributed by atoms with Gasteiger partial charge in [-0.25, -0.2) is 0 Å². The second kappa shape index (κ2) is 11.1. The first-order chi connectivity index (χ1) is 15.8. The van der Waals surface area contributed by atoms with Gasteiger partial charge in [0, 0.05) is 25.3 Å². The summed E-state index contributed by atoms with van der Waals surface area (Å²) in [6, 6.07) is 11.9. The Labute approximate surface area is 200 Å². The monoisotopic (exact) mass is 495 g/mol. The third kappa shape index (κ3) is 5.90. The zero-order valence-electron chi connectivity index (χ0n) is 19.1. The number of halogens is 1. The Morgan fingerprint density at radius 1 is 1.21 bits per heavy atom. The molecule has 1 amide bonds. The molecule has 1 atom stereocenters. The molecule has 1 aliphatic heterocycles. The standard InChI is InChI=1S/C23H30ClN3O5S/c1-4-27(19-9-11-20(12-10-19)32-5-2)33(29,30)26-14-6-7-17(16-26)23(28)25-18-8-13-22(31-3)21(24)15-18/h8-13,15,17H,4-7,14,16H2,1-3H3,(H,25,28)/t17-/m1/s1. The van der Waals surface area contributed by atoms with Crippen LogP contribution in [0.15, 0.2) is 42.5 Å². The Bertz CT molecular complexity index is 1060. The number of hydrogen-bond acceptors (Lipinski definition) is 5. The zero-order chi connectivity index (χ0) is 24.0. The van der Waals surface area contributed by atoms with E-state index >= 15 is 0 Å². The summed E-state index contributed by atoms with van der Waals surface area (Å²) in [4.78, 5) is 12.9. The summed E-state index contributed by atoms with van der Waals surface area (Å²) in [6.45, 7) is 4.97. The maximum Gasteiger partial charge on any atom is 0.304 e. The van der Waals surface area contributed by atoms with Gasteiger partial charge in [0.1, 0.15) is 11.5 Å².